The van der Waals surface area contributed by atoms with Gasteiger partial charge < -0.3 is 10.2 Å². The van der Waals surface area contributed by atoms with Crippen molar-refractivity contribution in [3.63, 3.8) is 0 Å². The summed E-state index contributed by atoms with van der Waals surface area (Å²) >= 11 is 0. The van der Waals surface area contributed by atoms with Crippen LogP contribution in [-0.2, 0) is 4.79 Å². The summed E-state index contributed by atoms with van der Waals surface area (Å²) in [4.78, 5) is 29.1. The molecule has 1 aromatic rings. The lowest BCUT2D eigenvalue weighted by molar-refractivity contribution is -0.114. The second-order valence-electron chi connectivity index (χ2n) is 4.11. The van der Waals surface area contributed by atoms with Crippen molar-refractivity contribution in [1.82, 2.24) is 9.88 Å². The molecular formula is C13H15N3O2. The van der Waals surface area contributed by atoms with Gasteiger partial charge in [-0.2, -0.15) is 0 Å². The van der Waals surface area contributed by atoms with Crippen LogP contribution in [0.4, 0.5) is 5.69 Å². The van der Waals surface area contributed by atoms with Crippen LogP contribution in [0.15, 0.2) is 30.6 Å². The van der Waals surface area contributed by atoms with Crippen molar-refractivity contribution >= 4 is 17.5 Å². The molecule has 0 spiro atoms. The Morgan fingerprint density at radius 3 is 2.89 bits per heavy atom. The molecule has 2 amide bonds. The van der Waals surface area contributed by atoms with Gasteiger partial charge in [0.1, 0.15) is 0 Å². The average molecular weight is 245 g/mol. The molecule has 18 heavy (non-hydrogen) atoms. The number of rotatable bonds is 2. The zero-order valence-corrected chi connectivity index (χ0v) is 10.2. The SMILES string of the molecule is CC(=O)Nc1cnccc1C(=O)N1CC=CCC1. The number of nitrogens with zero attached hydrogens (tertiary/aromatic N) is 2. The maximum atomic E-state index is 12.3. The Balaban J connectivity index is 2.23. The highest BCUT2D eigenvalue weighted by molar-refractivity contribution is 6.03. The van der Waals surface area contributed by atoms with E-state index in [0.29, 0.717) is 24.3 Å². The number of carbonyl (C=O) groups excluding carboxylic acids is 2. The van der Waals surface area contributed by atoms with E-state index in [1.807, 2.05) is 6.08 Å². The van der Waals surface area contributed by atoms with Crippen molar-refractivity contribution in [3.8, 4) is 0 Å². The molecule has 2 heterocycles. The van der Waals surface area contributed by atoms with Crippen LogP contribution in [0.5, 0.6) is 0 Å². The number of hydrogen-bond donors (Lipinski definition) is 1. The smallest absolute Gasteiger partial charge is 0.256 e. The number of anilines is 1. The van der Waals surface area contributed by atoms with Crippen LogP contribution in [-0.4, -0.2) is 34.8 Å². The predicted molar refractivity (Wildman–Crippen MR) is 68.2 cm³/mol. The monoisotopic (exact) mass is 245 g/mol. The van der Waals surface area contributed by atoms with Crippen LogP contribution in [0.25, 0.3) is 0 Å². The maximum absolute atomic E-state index is 12.3. The highest BCUT2D eigenvalue weighted by Gasteiger charge is 2.19. The number of amides is 2. The number of pyridine rings is 1. The van der Waals surface area contributed by atoms with Gasteiger partial charge >= 0.3 is 0 Å². The van der Waals surface area contributed by atoms with Crippen molar-refractivity contribution < 1.29 is 9.59 Å². The van der Waals surface area contributed by atoms with Crippen LogP contribution in [0, 0.1) is 0 Å². The fraction of sp³-hybridized carbons (Fsp3) is 0.308. The second kappa shape index (κ2) is 5.44. The zero-order valence-electron chi connectivity index (χ0n) is 10.2. The molecule has 1 aliphatic heterocycles. The molecule has 1 aromatic heterocycles. The molecule has 0 aromatic carbocycles. The van der Waals surface area contributed by atoms with Gasteiger partial charge in [-0.3, -0.25) is 14.6 Å². The first-order valence-corrected chi connectivity index (χ1v) is 5.84. The third-order valence-electron chi connectivity index (χ3n) is 2.71. The number of nitrogens with one attached hydrogen (secondary N) is 1. The molecule has 0 atom stereocenters. The van der Waals surface area contributed by atoms with Crippen molar-refractivity contribution in [3.05, 3.63) is 36.2 Å². The summed E-state index contributed by atoms with van der Waals surface area (Å²) in [5.41, 5.74) is 0.944. The summed E-state index contributed by atoms with van der Waals surface area (Å²) in [6.07, 6.45) is 7.95. The lowest BCUT2D eigenvalue weighted by Crippen LogP contribution is -2.34. The van der Waals surface area contributed by atoms with E-state index in [2.05, 4.69) is 16.4 Å². The molecule has 0 fully saturated rings. The summed E-state index contributed by atoms with van der Waals surface area (Å²) in [7, 11) is 0. The average Bonchev–Trinajstić information content (AvgIpc) is 2.39. The molecule has 0 unspecified atom stereocenters. The van der Waals surface area contributed by atoms with Crippen molar-refractivity contribution in [2.75, 3.05) is 18.4 Å². The van der Waals surface area contributed by atoms with E-state index < -0.39 is 0 Å². The Morgan fingerprint density at radius 2 is 2.22 bits per heavy atom. The Hall–Kier alpha value is -2.17. The molecule has 1 N–H and O–H groups in total. The van der Waals surface area contributed by atoms with Gasteiger partial charge in [0, 0.05) is 26.2 Å². The van der Waals surface area contributed by atoms with E-state index in [9.17, 15) is 9.59 Å². The van der Waals surface area contributed by atoms with Gasteiger partial charge in [-0.15, -0.1) is 0 Å². The number of carbonyl (C=O) groups is 2. The van der Waals surface area contributed by atoms with Crippen molar-refractivity contribution in [2.24, 2.45) is 0 Å². The van der Waals surface area contributed by atoms with Gasteiger partial charge in [0.2, 0.25) is 5.91 Å². The van der Waals surface area contributed by atoms with Crippen LogP contribution in [0.1, 0.15) is 23.7 Å². The molecule has 0 aliphatic carbocycles. The van der Waals surface area contributed by atoms with Crippen LogP contribution < -0.4 is 5.32 Å². The van der Waals surface area contributed by atoms with E-state index in [0.717, 1.165) is 6.42 Å². The van der Waals surface area contributed by atoms with Gasteiger partial charge in [-0.25, -0.2) is 0 Å². The van der Waals surface area contributed by atoms with E-state index >= 15 is 0 Å². The first-order chi connectivity index (χ1) is 8.68. The summed E-state index contributed by atoms with van der Waals surface area (Å²) in [6, 6.07) is 1.63. The van der Waals surface area contributed by atoms with E-state index in [4.69, 9.17) is 0 Å². The molecular weight excluding hydrogens is 230 g/mol. The van der Waals surface area contributed by atoms with Crippen molar-refractivity contribution in [1.29, 1.82) is 0 Å². The van der Waals surface area contributed by atoms with Crippen LogP contribution in [0.2, 0.25) is 0 Å². The largest absolute Gasteiger partial charge is 0.335 e. The first-order valence-electron chi connectivity index (χ1n) is 5.84. The van der Waals surface area contributed by atoms with Gasteiger partial charge in [-0.05, 0) is 12.5 Å². The van der Waals surface area contributed by atoms with Gasteiger partial charge in [0.15, 0.2) is 0 Å². The minimum Gasteiger partial charge on any atom is -0.335 e. The standard InChI is InChI=1S/C13H15N3O2/c1-10(17)15-12-9-14-6-5-11(12)13(18)16-7-3-2-4-8-16/h2-3,5-6,9H,4,7-8H2,1H3,(H,15,17). The minimum atomic E-state index is -0.212. The fourth-order valence-electron chi connectivity index (χ4n) is 1.87. The third-order valence-corrected chi connectivity index (χ3v) is 2.71. The van der Waals surface area contributed by atoms with Crippen LogP contribution >= 0.6 is 0 Å². The van der Waals surface area contributed by atoms with E-state index in [-0.39, 0.29) is 11.8 Å². The van der Waals surface area contributed by atoms with Crippen LogP contribution in [0.3, 0.4) is 0 Å². The van der Waals surface area contributed by atoms with Gasteiger partial charge in [-0.1, -0.05) is 12.2 Å². The lowest BCUT2D eigenvalue weighted by Gasteiger charge is -2.24. The summed E-state index contributed by atoms with van der Waals surface area (Å²) in [6.45, 7) is 2.72. The Morgan fingerprint density at radius 1 is 1.39 bits per heavy atom. The third kappa shape index (κ3) is 2.74. The normalized spacial score (nSPS) is 14.4. The molecule has 0 radical (unpaired) electrons. The molecule has 0 bridgehead atoms. The number of hydrogen-bond acceptors (Lipinski definition) is 3. The first kappa shape index (κ1) is 12.3. The number of aromatic nitrogens is 1. The highest BCUT2D eigenvalue weighted by atomic mass is 16.2. The summed E-state index contributed by atoms with van der Waals surface area (Å²) < 4.78 is 0. The molecule has 94 valence electrons. The van der Waals surface area contributed by atoms with Gasteiger partial charge in [0.25, 0.3) is 5.91 Å². The molecule has 5 nitrogen and oxygen atoms in total. The van der Waals surface area contributed by atoms with Gasteiger partial charge in [0.05, 0.1) is 17.4 Å². The summed E-state index contributed by atoms with van der Waals surface area (Å²) in [5, 5.41) is 2.63. The predicted octanol–water partition coefficient (Wildman–Crippen LogP) is 1.44. The highest BCUT2D eigenvalue weighted by Crippen LogP contribution is 2.17. The van der Waals surface area contributed by atoms with E-state index in [1.165, 1.54) is 13.1 Å². The molecule has 5 heteroatoms. The maximum Gasteiger partial charge on any atom is 0.256 e. The summed E-state index contributed by atoms with van der Waals surface area (Å²) in [5.74, 6) is -0.291. The second-order valence-corrected chi connectivity index (χ2v) is 4.11. The van der Waals surface area contributed by atoms with Crippen molar-refractivity contribution in [2.45, 2.75) is 13.3 Å². The molecule has 0 saturated heterocycles. The quantitative estimate of drug-likeness (QED) is 0.802. The molecule has 0 saturated carbocycles. The Kier molecular flexibility index (Phi) is 3.72. The lowest BCUT2D eigenvalue weighted by atomic mass is 10.1. The Labute approximate surface area is 106 Å². The topological polar surface area (TPSA) is 62.3 Å². The minimum absolute atomic E-state index is 0.0782. The van der Waals surface area contributed by atoms with E-state index in [1.54, 1.807) is 17.2 Å². The zero-order chi connectivity index (χ0) is 13.0. The fourth-order valence-corrected chi connectivity index (χ4v) is 1.87. The Bertz CT molecular complexity index is 497. The molecule has 2 rings (SSSR count). The molecule has 1 aliphatic rings.